The summed E-state index contributed by atoms with van der Waals surface area (Å²) in [7, 11) is -3.50. The summed E-state index contributed by atoms with van der Waals surface area (Å²) in [5.74, 6) is 0.688. The van der Waals surface area contributed by atoms with E-state index in [2.05, 4.69) is 9.82 Å². The highest BCUT2D eigenvalue weighted by molar-refractivity contribution is 7.89. The predicted molar refractivity (Wildman–Crippen MR) is 93.7 cm³/mol. The highest BCUT2D eigenvalue weighted by Gasteiger charge is 2.34. The van der Waals surface area contributed by atoms with Crippen molar-refractivity contribution in [2.24, 2.45) is 5.92 Å². The van der Waals surface area contributed by atoms with Gasteiger partial charge in [0.1, 0.15) is 11.9 Å². The minimum Gasteiger partial charge on any atom is -0.381 e. The summed E-state index contributed by atoms with van der Waals surface area (Å²) in [5, 5.41) is 4.19. The van der Waals surface area contributed by atoms with Crippen molar-refractivity contribution in [2.45, 2.75) is 45.2 Å². The van der Waals surface area contributed by atoms with E-state index in [-0.39, 0.29) is 17.6 Å². The van der Waals surface area contributed by atoms with E-state index in [0.717, 1.165) is 25.1 Å². The fraction of sp³-hybridized carbons (Fsp3) is 0.750. The van der Waals surface area contributed by atoms with Gasteiger partial charge in [-0.3, -0.25) is 9.69 Å². The molecule has 1 atom stereocenters. The van der Waals surface area contributed by atoms with Crippen LogP contribution in [0.3, 0.4) is 0 Å². The summed E-state index contributed by atoms with van der Waals surface area (Å²) in [5.41, 5.74) is 0. The Hall–Kier alpha value is -1.45. The van der Waals surface area contributed by atoms with Crippen molar-refractivity contribution < 1.29 is 17.9 Å². The summed E-state index contributed by atoms with van der Waals surface area (Å²) in [6, 6.07) is 1.10. The number of carbonyl (C=O) groups excluding carboxylic acids is 1. The Morgan fingerprint density at radius 2 is 2.08 bits per heavy atom. The fourth-order valence-electron chi connectivity index (χ4n) is 3.50. The van der Waals surface area contributed by atoms with Crippen LogP contribution >= 0.6 is 0 Å². The van der Waals surface area contributed by atoms with Gasteiger partial charge in [0.25, 0.3) is 0 Å². The molecule has 0 radical (unpaired) electrons. The number of carbonyl (C=O) groups is 1. The summed E-state index contributed by atoms with van der Waals surface area (Å²) >= 11 is 0. The van der Waals surface area contributed by atoms with Gasteiger partial charge in [0.2, 0.25) is 15.9 Å². The third kappa shape index (κ3) is 4.39. The van der Waals surface area contributed by atoms with Crippen LogP contribution in [0.25, 0.3) is 0 Å². The second-order valence-electron chi connectivity index (χ2n) is 6.64. The molecule has 2 aliphatic rings. The molecular formula is C16H26N4O4S. The van der Waals surface area contributed by atoms with Gasteiger partial charge >= 0.3 is 0 Å². The Bertz CT molecular complexity index is 697. The lowest BCUT2D eigenvalue weighted by Gasteiger charge is -2.32. The molecule has 8 nitrogen and oxygen atoms in total. The van der Waals surface area contributed by atoms with Crippen molar-refractivity contribution in [1.29, 1.82) is 0 Å². The zero-order chi connectivity index (χ0) is 17.9. The largest absolute Gasteiger partial charge is 0.381 e. The molecule has 1 aromatic heterocycles. The van der Waals surface area contributed by atoms with Gasteiger partial charge in [0.15, 0.2) is 0 Å². The third-order valence-electron chi connectivity index (χ3n) is 4.83. The van der Waals surface area contributed by atoms with E-state index < -0.39 is 16.1 Å². The SMILES string of the molecule is CCn1nccc1N1CCCC(NS(=O)(=O)CC2CCOCC2)C1=O. The summed E-state index contributed by atoms with van der Waals surface area (Å²) in [6.07, 6.45) is 4.45. The van der Waals surface area contributed by atoms with Gasteiger partial charge < -0.3 is 4.74 Å². The van der Waals surface area contributed by atoms with E-state index in [1.54, 1.807) is 21.8 Å². The van der Waals surface area contributed by atoms with Crippen molar-refractivity contribution >= 4 is 21.7 Å². The number of nitrogens with zero attached hydrogens (tertiary/aromatic N) is 3. The molecule has 0 spiro atoms. The van der Waals surface area contributed by atoms with Crippen LogP contribution in [0.2, 0.25) is 0 Å². The highest BCUT2D eigenvalue weighted by Crippen LogP contribution is 2.22. The van der Waals surface area contributed by atoms with Crippen LogP contribution in [-0.2, 0) is 26.1 Å². The van der Waals surface area contributed by atoms with Gasteiger partial charge in [-0.25, -0.2) is 17.8 Å². The number of anilines is 1. The standard InChI is InChI=1S/C16H26N4O4S/c1-2-20-15(5-8-17-20)19-9-3-4-14(16(19)21)18-25(22,23)12-13-6-10-24-11-7-13/h5,8,13-14,18H,2-4,6-7,9-12H2,1H3. The number of aromatic nitrogens is 2. The molecule has 0 aromatic carbocycles. The lowest BCUT2D eigenvalue weighted by Crippen LogP contribution is -2.53. The van der Waals surface area contributed by atoms with Crippen LogP contribution in [0, 0.1) is 5.92 Å². The lowest BCUT2D eigenvalue weighted by molar-refractivity contribution is -0.121. The minimum absolute atomic E-state index is 0.0625. The van der Waals surface area contributed by atoms with E-state index in [1.807, 2.05) is 6.92 Å². The van der Waals surface area contributed by atoms with Crippen LogP contribution in [0.15, 0.2) is 12.3 Å². The first-order valence-corrected chi connectivity index (χ1v) is 10.6. The number of sulfonamides is 1. The monoisotopic (exact) mass is 370 g/mol. The maximum atomic E-state index is 12.8. The van der Waals surface area contributed by atoms with Gasteiger partial charge in [-0.05, 0) is 38.5 Å². The second-order valence-corrected chi connectivity index (χ2v) is 8.44. The molecule has 140 valence electrons. The van der Waals surface area contributed by atoms with Gasteiger partial charge in [0, 0.05) is 32.4 Å². The molecule has 9 heteroatoms. The number of nitrogens with one attached hydrogen (secondary N) is 1. The van der Waals surface area contributed by atoms with Crippen molar-refractivity contribution in [2.75, 3.05) is 30.4 Å². The number of ether oxygens (including phenoxy) is 1. The highest BCUT2D eigenvalue weighted by atomic mass is 32.2. The predicted octanol–water partition coefficient (Wildman–Crippen LogP) is 0.744. The molecule has 1 aromatic rings. The van der Waals surface area contributed by atoms with E-state index in [0.29, 0.717) is 32.7 Å². The Morgan fingerprint density at radius 3 is 2.80 bits per heavy atom. The fourth-order valence-corrected chi connectivity index (χ4v) is 5.20. The van der Waals surface area contributed by atoms with Crippen LogP contribution < -0.4 is 9.62 Å². The molecule has 1 N–H and O–H groups in total. The molecule has 0 aliphatic carbocycles. The molecule has 1 unspecified atom stereocenters. The van der Waals surface area contributed by atoms with Crippen LogP contribution in [-0.4, -0.2) is 55.7 Å². The van der Waals surface area contributed by atoms with Crippen molar-refractivity contribution in [1.82, 2.24) is 14.5 Å². The molecule has 2 saturated heterocycles. The molecule has 0 saturated carbocycles. The van der Waals surface area contributed by atoms with Crippen molar-refractivity contribution in [3.63, 3.8) is 0 Å². The zero-order valence-electron chi connectivity index (χ0n) is 14.6. The lowest BCUT2D eigenvalue weighted by atomic mass is 10.0. The van der Waals surface area contributed by atoms with Crippen LogP contribution in [0.4, 0.5) is 5.82 Å². The Morgan fingerprint density at radius 1 is 1.32 bits per heavy atom. The third-order valence-corrected chi connectivity index (χ3v) is 6.38. The Balaban J connectivity index is 1.66. The Labute approximate surface area is 148 Å². The molecule has 2 fully saturated rings. The first kappa shape index (κ1) is 18.3. The molecule has 0 bridgehead atoms. The summed E-state index contributed by atoms with van der Waals surface area (Å²) < 4.78 is 34.6. The molecule has 1 amide bonds. The first-order chi connectivity index (χ1) is 12.0. The average Bonchev–Trinajstić information content (AvgIpc) is 3.05. The van der Waals surface area contributed by atoms with Gasteiger partial charge in [0.05, 0.1) is 11.9 Å². The quantitative estimate of drug-likeness (QED) is 0.797. The minimum atomic E-state index is -3.50. The normalized spacial score (nSPS) is 23.2. The first-order valence-electron chi connectivity index (χ1n) is 8.91. The van der Waals surface area contributed by atoms with Crippen molar-refractivity contribution in [3.8, 4) is 0 Å². The van der Waals surface area contributed by atoms with E-state index >= 15 is 0 Å². The van der Waals surface area contributed by atoms with Crippen LogP contribution in [0.5, 0.6) is 0 Å². The Kier molecular flexibility index (Phi) is 5.75. The smallest absolute Gasteiger partial charge is 0.246 e. The molecule has 25 heavy (non-hydrogen) atoms. The zero-order valence-corrected chi connectivity index (χ0v) is 15.4. The maximum Gasteiger partial charge on any atom is 0.246 e. The molecule has 3 rings (SSSR count). The summed E-state index contributed by atoms with van der Waals surface area (Å²) in [6.45, 7) is 4.42. The molecule has 2 aliphatic heterocycles. The van der Waals surface area contributed by atoms with E-state index in [9.17, 15) is 13.2 Å². The second kappa shape index (κ2) is 7.84. The van der Waals surface area contributed by atoms with Gasteiger partial charge in [-0.1, -0.05) is 0 Å². The number of aryl methyl sites for hydroxylation is 1. The van der Waals surface area contributed by atoms with E-state index in [1.165, 1.54) is 0 Å². The number of amides is 1. The number of rotatable bonds is 6. The molecular weight excluding hydrogens is 344 g/mol. The summed E-state index contributed by atoms with van der Waals surface area (Å²) in [4.78, 5) is 14.4. The van der Waals surface area contributed by atoms with Crippen LogP contribution in [0.1, 0.15) is 32.6 Å². The number of hydrogen-bond acceptors (Lipinski definition) is 5. The van der Waals surface area contributed by atoms with Crippen molar-refractivity contribution in [3.05, 3.63) is 12.3 Å². The average molecular weight is 370 g/mol. The maximum absolute atomic E-state index is 12.8. The number of piperidine rings is 1. The van der Waals surface area contributed by atoms with Gasteiger partial charge in [-0.15, -0.1) is 0 Å². The number of hydrogen-bond donors (Lipinski definition) is 1. The topological polar surface area (TPSA) is 93.5 Å². The van der Waals surface area contributed by atoms with Gasteiger partial charge in [-0.2, -0.15) is 5.10 Å². The van der Waals surface area contributed by atoms with E-state index in [4.69, 9.17) is 4.74 Å². The molecule has 3 heterocycles.